The van der Waals surface area contributed by atoms with E-state index in [1.165, 1.54) is 4.90 Å². The normalized spacial score (nSPS) is 21.2. The highest BCUT2D eigenvalue weighted by Crippen LogP contribution is 2.31. The van der Waals surface area contributed by atoms with Crippen LogP contribution in [0, 0.1) is 0 Å². The van der Waals surface area contributed by atoms with Crippen LogP contribution in [0.1, 0.15) is 71.0 Å². The van der Waals surface area contributed by atoms with Crippen LogP contribution in [-0.4, -0.2) is 75.5 Å². The van der Waals surface area contributed by atoms with Crippen molar-refractivity contribution >= 4 is 34.6 Å². The van der Waals surface area contributed by atoms with Crippen LogP contribution in [-0.2, 0) is 27.4 Å². The number of likely N-dealkylation sites (tertiary alicyclic amines) is 1. The van der Waals surface area contributed by atoms with Crippen molar-refractivity contribution in [1.29, 1.82) is 0 Å². The second-order valence-corrected chi connectivity index (χ2v) is 10.8. The Morgan fingerprint density at radius 1 is 1.12 bits per heavy atom. The topological polar surface area (TPSA) is 134 Å². The van der Waals surface area contributed by atoms with E-state index in [9.17, 15) is 19.2 Å². The van der Waals surface area contributed by atoms with Crippen molar-refractivity contribution in [2.24, 2.45) is 0 Å². The van der Waals surface area contributed by atoms with Crippen molar-refractivity contribution in [2.45, 2.75) is 64.2 Å². The second kappa shape index (κ2) is 11.3. The molecule has 11 heteroatoms. The van der Waals surface area contributed by atoms with E-state index in [-0.39, 0.29) is 30.2 Å². The van der Waals surface area contributed by atoms with Gasteiger partial charge in [0, 0.05) is 36.5 Å². The molecule has 11 nitrogen and oxygen atoms in total. The number of hydrogen-bond acceptors (Lipinski definition) is 8. The van der Waals surface area contributed by atoms with Crippen molar-refractivity contribution in [1.82, 2.24) is 25.3 Å². The maximum absolute atomic E-state index is 13.0. The molecule has 41 heavy (non-hydrogen) atoms. The largest absolute Gasteiger partial charge is 0.492 e. The van der Waals surface area contributed by atoms with Gasteiger partial charge in [0.25, 0.3) is 5.91 Å². The third-order valence-electron chi connectivity index (χ3n) is 8.20. The minimum atomic E-state index is -0.643. The standard InChI is InChI=1S/C30H33N5O6/c1-2-40-30(39)22-7-5-8-23-27(22)24(33-32-23)16-34-13-4-3-6-19(34)17-41-20-9-10-21-18(14-20)15-35(29(21)38)25-11-12-26(36)31-28(25)37/h5,7-10,14,19,25H,2-4,6,11-13,15-17H2,1H3,(H,32,33)(H,31,36,37)/t19-,25?/m0/s1. The molecule has 2 fully saturated rings. The molecule has 214 valence electrons. The fraction of sp³-hybridized carbons (Fsp3) is 0.433. The van der Waals surface area contributed by atoms with Crippen molar-refractivity contribution in [3.05, 3.63) is 58.8 Å². The average Bonchev–Trinajstić information content (AvgIpc) is 3.53. The van der Waals surface area contributed by atoms with Gasteiger partial charge in [0.1, 0.15) is 18.4 Å². The summed E-state index contributed by atoms with van der Waals surface area (Å²) in [5.41, 5.74) is 3.49. The number of fused-ring (bicyclic) bond motifs is 2. The number of amides is 3. The summed E-state index contributed by atoms with van der Waals surface area (Å²) in [6, 6.07) is 10.4. The number of hydrogen-bond donors (Lipinski definition) is 2. The van der Waals surface area contributed by atoms with E-state index in [1.54, 1.807) is 25.1 Å². The van der Waals surface area contributed by atoms with Crippen LogP contribution in [0.25, 0.3) is 10.9 Å². The molecule has 0 spiro atoms. The van der Waals surface area contributed by atoms with Gasteiger partial charge in [0.15, 0.2) is 0 Å². The molecule has 1 unspecified atom stereocenters. The monoisotopic (exact) mass is 559 g/mol. The van der Waals surface area contributed by atoms with Gasteiger partial charge in [-0.3, -0.25) is 29.7 Å². The molecule has 3 aliphatic rings. The summed E-state index contributed by atoms with van der Waals surface area (Å²) in [5, 5.41) is 10.7. The van der Waals surface area contributed by atoms with Crippen LogP contribution in [0.4, 0.5) is 0 Å². The van der Waals surface area contributed by atoms with E-state index in [4.69, 9.17) is 9.47 Å². The van der Waals surface area contributed by atoms with Gasteiger partial charge in [-0.05, 0) is 68.6 Å². The molecule has 3 amide bonds. The number of aromatic amines is 1. The van der Waals surface area contributed by atoms with E-state index in [0.717, 1.165) is 48.0 Å². The number of nitrogens with zero attached hydrogens (tertiary/aromatic N) is 3. The highest BCUT2D eigenvalue weighted by Gasteiger charge is 2.39. The zero-order valence-electron chi connectivity index (χ0n) is 23.0. The molecule has 2 atom stereocenters. The number of benzene rings is 2. The number of carbonyl (C=O) groups excluding carboxylic acids is 4. The number of piperidine rings is 2. The molecule has 4 heterocycles. The second-order valence-electron chi connectivity index (χ2n) is 10.8. The Balaban J connectivity index is 1.14. The van der Waals surface area contributed by atoms with Crippen LogP contribution in [0.2, 0.25) is 0 Å². The van der Waals surface area contributed by atoms with Gasteiger partial charge in [-0.2, -0.15) is 5.10 Å². The predicted octanol–water partition coefficient (Wildman–Crippen LogP) is 2.93. The number of esters is 1. The Labute approximate surface area is 237 Å². The third-order valence-corrected chi connectivity index (χ3v) is 8.20. The van der Waals surface area contributed by atoms with Gasteiger partial charge < -0.3 is 14.4 Å². The minimum absolute atomic E-state index is 0.153. The maximum atomic E-state index is 13.0. The van der Waals surface area contributed by atoms with E-state index in [0.29, 0.717) is 49.6 Å². The van der Waals surface area contributed by atoms with E-state index >= 15 is 0 Å². The SMILES string of the molecule is CCOC(=O)c1cccc2[nH]nc(CN3CCCC[C@H]3COc3ccc4c(c3)CN(C3CCC(=O)NC3=O)C4=O)c12. The minimum Gasteiger partial charge on any atom is -0.492 e. The van der Waals surface area contributed by atoms with Gasteiger partial charge in [-0.15, -0.1) is 0 Å². The summed E-state index contributed by atoms with van der Waals surface area (Å²) in [6.07, 6.45) is 3.69. The zero-order valence-corrected chi connectivity index (χ0v) is 23.0. The Kier molecular flexibility index (Phi) is 7.44. The Morgan fingerprint density at radius 2 is 2.00 bits per heavy atom. The van der Waals surface area contributed by atoms with E-state index in [2.05, 4.69) is 20.4 Å². The van der Waals surface area contributed by atoms with Crippen LogP contribution in [0.15, 0.2) is 36.4 Å². The average molecular weight is 560 g/mol. The number of aromatic nitrogens is 2. The molecular formula is C30H33N5O6. The summed E-state index contributed by atoms with van der Waals surface area (Å²) < 4.78 is 11.5. The maximum Gasteiger partial charge on any atom is 0.338 e. The Bertz CT molecular complexity index is 1520. The van der Waals surface area contributed by atoms with E-state index in [1.807, 2.05) is 18.2 Å². The molecule has 1 aromatic heterocycles. The number of carbonyl (C=O) groups is 4. The number of imide groups is 1. The van der Waals surface area contributed by atoms with Gasteiger partial charge in [0.05, 0.1) is 23.4 Å². The van der Waals surface area contributed by atoms with Crippen LogP contribution in [0.5, 0.6) is 5.75 Å². The molecule has 2 N–H and O–H groups in total. The highest BCUT2D eigenvalue weighted by molar-refractivity contribution is 6.06. The van der Waals surface area contributed by atoms with Crippen molar-refractivity contribution < 1.29 is 28.7 Å². The van der Waals surface area contributed by atoms with Crippen molar-refractivity contribution in [3.63, 3.8) is 0 Å². The molecule has 0 radical (unpaired) electrons. The lowest BCUT2D eigenvalue weighted by Gasteiger charge is -2.35. The molecule has 0 aliphatic carbocycles. The lowest BCUT2D eigenvalue weighted by Crippen LogP contribution is -2.52. The third kappa shape index (κ3) is 5.29. The van der Waals surface area contributed by atoms with E-state index < -0.39 is 11.9 Å². The first-order chi connectivity index (χ1) is 19.9. The summed E-state index contributed by atoms with van der Waals surface area (Å²) in [5.74, 6) is -0.612. The van der Waals surface area contributed by atoms with Crippen LogP contribution < -0.4 is 10.1 Å². The van der Waals surface area contributed by atoms with Gasteiger partial charge in [-0.1, -0.05) is 12.5 Å². The lowest BCUT2D eigenvalue weighted by molar-refractivity contribution is -0.136. The first-order valence-electron chi connectivity index (χ1n) is 14.2. The summed E-state index contributed by atoms with van der Waals surface area (Å²) in [7, 11) is 0. The lowest BCUT2D eigenvalue weighted by atomic mass is 10.0. The fourth-order valence-corrected chi connectivity index (χ4v) is 6.12. The highest BCUT2D eigenvalue weighted by atomic mass is 16.5. The summed E-state index contributed by atoms with van der Waals surface area (Å²) >= 11 is 0. The number of nitrogens with one attached hydrogen (secondary N) is 2. The van der Waals surface area contributed by atoms with Crippen LogP contribution >= 0.6 is 0 Å². The number of ether oxygens (including phenoxy) is 2. The Hall–Kier alpha value is -4.25. The van der Waals surface area contributed by atoms with Crippen molar-refractivity contribution in [2.75, 3.05) is 19.8 Å². The molecule has 0 bridgehead atoms. The molecule has 0 saturated carbocycles. The zero-order chi connectivity index (χ0) is 28.5. The molecule has 3 aliphatic heterocycles. The first-order valence-corrected chi connectivity index (χ1v) is 14.2. The quantitative estimate of drug-likeness (QED) is 0.318. The first kappa shape index (κ1) is 26.9. The van der Waals surface area contributed by atoms with Gasteiger partial charge in [0.2, 0.25) is 11.8 Å². The summed E-state index contributed by atoms with van der Waals surface area (Å²) in [6.45, 7) is 4.34. The summed E-state index contributed by atoms with van der Waals surface area (Å²) in [4.78, 5) is 53.4. The van der Waals surface area contributed by atoms with Crippen LogP contribution in [0.3, 0.4) is 0 Å². The molecule has 2 aromatic carbocycles. The smallest absolute Gasteiger partial charge is 0.338 e. The molecule has 6 rings (SSSR count). The van der Waals surface area contributed by atoms with Crippen molar-refractivity contribution in [3.8, 4) is 5.75 Å². The van der Waals surface area contributed by atoms with Gasteiger partial charge in [-0.25, -0.2) is 4.79 Å². The molecule has 3 aromatic rings. The molecule has 2 saturated heterocycles. The van der Waals surface area contributed by atoms with Gasteiger partial charge >= 0.3 is 5.97 Å². The fourth-order valence-electron chi connectivity index (χ4n) is 6.12. The number of H-pyrrole nitrogens is 1. The predicted molar refractivity (Wildman–Crippen MR) is 148 cm³/mol. The number of rotatable bonds is 8. The molecular weight excluding hydrogens is 526 g/mol. The Morgan fingerprint density at radius 3 is 2.83 bits per heavy atom.